The number of methoxy groups -OCH3 is 1. The highest BCUT2D eigenvalue weighted by Crippen LogP contribution is 2.29. The Morgan fingerprint density at radius 1 is 1.28 bits per heavy atom. The van der Waals surface area contributed by atoms with E-state index in [0.29, 0.717) is 28.0 Å². The Balaban J connectivity index is 1.83. The number of fused-ring (bicyclic) bond motifs is 1. The molecule has 0 spiro atoms. The minimum atomic E-state index is -0.463. The molecule has 130 valence electrons. The van der Waals surface area contributed by atoms with Gasteiger partial charge in [0.2, 0.25) is 0 Å². The van der Waals surface area contributed by atoms with Gasteiger partial charge in [0.25, 0.3) is 5.56 Å². The average Bonchev–Trinajstić information content (AvgIpc) is 3.06. The molecule has 0 bridgehead atoms. The second kappa shape index (κ2) is 7.98. The van der Waals surface area contributed by atoms with Crippen LogP contribution in [-0.2, 0) is 10.5 Å². The molecule has 0 amide bonds. The number of nitrogens with one attached hydrogen (secondary N) is 1. The van der Waals surface area contributed by atoms with Crippen molar-refractivity contribution >= 4 is 51.7 Å². The van der Waals surface area contributed by atoms with Gasteiger partial charge in [-0.1, -0.05) is 41.8 Å². The highest BCUT2D eigenvalue weighted by molar-refractivity contribution is 8.02. The molecule has 10 heteroatoms. The van der Waals surface area contributed by atoms with Crippen molar-refractivity contribution in [1.29, 1.82) is 0 Å². The van der Waals surface area contributed by atoms with Crippen molar-refractivity contribution in [3.8, 4) is 0 Å². The molecule has 0 atom stereocenters. The first kappa shape index (κ1) is 17.9. The van der Waals surface area contributed by atoms with E-state index in [1.165, 1.54) is 30.2 Å². The second-order valence-corrected chi connectivity index (χ2v) is 8.50. The zero-order chi connectivity index (χ0) is 17.8. The van der Waals surface area contributed by atoms with Crippen LogP contribution in [0.2, 0.25) is 0 Å². The number of aromatic amines is 1. The van der Waals surface area contributed by atoms with Gasteiger partial charge in [-0.2, -0.15) is 0 Å². The largest absolute Gasteiger partial charge is 0.465 e. The van der Waals surface area contributed by atoms with Crippen molar-refractivity contribution in [2.24, 2.45) is 0 Å². The standard InChI is InChI=1S/C15H14N4O3S3/c1-3-23-14-18-19-15(25-14)24-7-11-16-10-6-8(13(21)22-2)4-5-9(10)12(20)17-11/h4-6H,3,7H2,1-2H3,(H,16,17,20). The number of rotatable bonds is 6. The van der Waals surface area contributed by atoms with Crippen LogP contribution < -0.4 is 5.56 Å². The Labute approximate surface area is 155 Å². The molecule has 1 aromatic carbocycles. The molecule has 0 aliphatic rings. The number of H-pyrrole nitrogens is 1. The molecule has 0 unspecified atom stereocenters. The number of benzene rings is 1. The number of hydrogen-bond acceptors (Lipinski definition) is 9. The number of aromatic nitrogens is 4. The second-order valence-electron chi connectivity index (χ2n) is 4.79. The van der Waals surface area contributed by atoms with Crippen molar-refractivity contribution in [1.82, 2.24) is 20.2 Å². The third-order valence-corrected chi connectivity index (χ3v) is 6.25. The predicted molar refractivity (Wildman–Crippen MR) is 99.6 cm³/mol. The molecule has 3 aromatic rings. The molecule has 0 aliphatic carbocycles. The van der Waals surface area contributed by atoms with Crippen molar-refractivity contribution in [2.75, 3.05) is 12.9 Å². The zero-order valence-corrected chi connectivity index (χ0v) is 15.9. The summed E-state index contributed by atoms with van der Waals surface area (Å²) in [5.74, 6) is 1.46. The maximum absolute atomic E-state index is 12.2. The summed E-state index contributed by atoms with van der Waals surface area (Å²) in [6, 6.07) is 4.68. The molecule has 2 heterocycles. The number of carbonyl (C=O) groups is 1. The summed E-state index contributed by atoms with van der Waals surface area (Å²) < 4.78 is 6.45. The number of thioether (sulfide) groups is 2. The Morgan fingerprint density at radius 2 is 2.04 bits per heavy atom. The number of nitrogens with zero attached hydrogens (tertiary/aromatic N) is 3. The predicted octanol–water partition coefficient (Wildman–Crippen LogP) is 2.97. The molecule has 0 saturated heterocycles. The summed E-state index contributed by atoms with van der Waals surface area (Å²) >= 11 is 4.62. The first-order valence-corrected chi connectivity index (χ1v) is 10.1. The molecule has 0 aliphatic heterocycles. The molecular formula is C15H14N4O3S3. The Kier molecular flexibility index (Phi) is 5.71. The van der Waals surface area contributed by atoms with E-state index in [-0.39, 0.29) is 5.56 Å². The van der Waals surface area contributed by atoms with Crippen molar-refractivity contribution in [2.45, 2.75) is 21.4 Å². The lowest BCUT2D eigenvalue weighted by molar-refractivity contribution is 0.0601. The molecule has 1 N–H and O–H groups in total. The van der Waals surface area contributed by atoms with Crippen LogP contribution in [0.1, 0.15) is 23.1 Å². The third kappa shape index (κ3) is 4.20. The lowest BCUT2D eigenvalue weighted by atomic mass is 10.1. The van der Waals surface area contributed by atoms with Gasteiger partial charge in [-0.05, 0) is 24.0 Å². The zero-order valence-electron chi connectivity index (χ0n) is 13.4. The van der Waals surface area contributed by atoms with Crippen LogP contribution in [0.25, 0.3) is 10.9 Å². The quantitative estimate of drug-likeness (QED) is 0.503. The van der Waals surface area contributed by atoms with E-state index in [0.717, 1.165) is 14.4 Å². The molecular weight excluding hydrogens is 380 g/mol. The summed E-state index contributed by atoms with van der Waals surface area (Å²) in [7, 11) is 1.31. The third-order valence-electron chi connectivity index (χ3n) is 3.16. The van der Waals surface area contributed by atoms with Crippen LogP contribution in [-0.4, -0.2) is 39.0 Å². The highest BCUT2D eigenvalue weighted by atomic mass is 32.2. The average molecular weight is 395 g/mol. The van der Waals surface area contributed by atoms with Gasteiger partial charge in [0, 0.05) is 0 Å². The summed E-state index contributed by atoms with van der Waals surface area (Å²) in [5.41, 5.74) is 0.579. The van der Waals surface area contributed by atoms with Crippen LogP contribution in [0.15, 0.2) is 31.7 Å². The lowest BCUT2D eigenvalue weighted by Crippen LogP contribution is -2.12. The summed E-state index contributed by atoms with van der Waals surface area (Å²) in [6.07, 6.45) is 0. The summed E-state index contributed by atoms with van der Waals surface area (Å²) in [5, 5.41) is 8.64. The van der Waals surface area contributed by atoms with Crippen molar-refractivity contribution in [3.63, 3.8) is 0 Å². The van der Waals surface area contributed by atoms with Gasteiger partial charge >= 0.3 is 5.97 Å². The van der Waals surface area contributed by atoms with Crippen LogP contribution in [0.3, 0.4) is 0 Å². The summed E-state index contributed by atoms with van der Waals surface area (Å²) in [6.45, 7) is 2.06. The smallest absolute Gasteiger partial charge is 0.337 e. The first-order chi connectivity index (χ1) is 12.1. The maximum atomic E-state index is 12.2. The van der Waals surface area contributed by atoms with Crippen LogP contribution in [0.5, 0.6) is 0 Å². The van der Waals surface area contributed by atoms with E-state index >= 15 is 0 Å². The van der Waals surface area contributed by atoms with Crippen LogP contribution >= 0.6 is 34.9 Å². The van der Waals surface area contributed by atoms with E-state index in [1.807, 2.05) is 0 Å². The van der Waals surface area contributed by atoms with E-state index in [4.69, 9.17) is 4.74 Å². The molecule has 7 nitrogen and oxygen atoms in total. The first-order valence-electron chi connectivity index (χ1n) is 7.31. The van der Waals surface area contributed by atoms with E-state index in [2.05, 4.69) is 27.1 Å². The molecule has 3 rings (SSSR count). The normalized spacial score (nSPS) is 11.0. The van der Waals surface area contributed by atoms with E-state index in [9.17, 15) is 9.59 Å². The van der Waals surface area contributed by atoms with Crippen LogP contribution in [0, 0.1) is 0 Å². The number of esters is 1. The number of carbonyl (C=O) groups excluding carboxylic acids is 1. The number of ether oxygens (including phenoxy) is 1. The van der Waals surface area contributed by atoms with Gasteiger partial charge in [-0.25, -0.2) is 9.78 Å². The van der Waals surface area contributed by atoms with Crippen LogP contribution in [0.4, 0.5) is 0 Å². The minimum Gasteiger partial charge on any atom is -0.465 e. The van der Waals surface area contributed by atoms with Gasteiger partial charge in [0.15, 0.2) is 8.68 Å². The minimum absolute atomic E-state index is 0.239. The summed E-state index contributed by atoms with van der Waals surface area (Å²) in [4.78, 5) is 31.0. The van der Waals surface area contributed by atoms with Gasteiger partial charge in [0.05, 0.1) is 29.3 Å². The van der Waals surface area contributed by atoms with E-state index in [1.54, 1.807) is 30.0 Å². The van der Waals surface area contributed by atoms with Gasteiger partial charge in [-0.3, -0.25) is 4.79 Å². The Hall–Kier alpha value is -1.91. The highest BCUT2D eigenvalue weighted by Gasteiger charge is 2.11. The topological polar surface area (TPSA) is 97.8 Å². The van der Waals surface area contributed by atoms with Gasteiger partial charge < -0.3 is 9.72 Å². The monoisotopic (exact) mass is 394 g/mol. The molecule has 2 aromatic heterocycles. The fourth-order valence-corrected chi connectivity index (χ4v) is 4.86. The molecule has 0 fully saturated rings. The Bertz CT molecular complexity index is 970. The molecule has 0 radical (unpaired) electrons. The maximum Gasteiger partial charge on any atom is 0.337 e. The molecule has 0 saturated carbocycles. The molecule has 25 heavy (non-hydrogen) atoms. The number of hydrogen-bond donors (Lipinski definition) is 1. The fraction of sp³-hybridized carbons (Fsp3) is 0.267. The Morgan fingerprint density at radius 3 is 2.76 bits per heavy atom. The SMILES string of the molecule is CCSc1nnc(SCc2nc3cc(C(=O)OC)ccc3c(=O)[nH]2)s1. The fourth-order valence-electron chi connectivity index (χ4n) is 2.07. The van der Waals surface area contributed by atoms with E-state index < -0.39 is 5.97 Å². The van der Waals surface area contributed by atoms with Crippen molar-refractivity contribution in [3.05, 3.63) is 39.9 Å². The van der Waals surface area contributed by atoms with Crippen molar-refractivity contribution < 1.29 is 9.53 Å². The lowest BCUT2D eigenvalue weighted by Gasteiger charge is -2.04. The van der Waals surface area contributed by atoms with Gasteiger partial charge in [0.1, 0.15) is 5.82 Å². The van der Waals surface area contributed by atoms with Gasteiger partial charge in [-0.15, -0.1) is 10.2 Å².